The first-order valence-corrected chi connectivity index (χ1v) is 9.16. The van der Waals surface area contributed by atoms with Crippen LogP contribution in [0.5, 0.6) is 0 Å². The third-order valence-electron chi connectivity index (χ3n) is 3.26. The maximum absolute atomic E-state index is 13.0. The van der Waals surface area contributed by atoms with Crippen molar-refractivity contribution >= 4 is 21.4 Å². The Kier molecular flexibility index (Phi) is 6.03. The fourth-order valence-corrected chi connectivity index (χ4v) is 3.44. The molecule has 0 aliphatic heterocycles. The van der Waals surface area contributed by atoms with Gasteiger partial charge in [0, 0.05) is 11.8 Å². The van der Waals surface area contributed by atoms with Gasteiger partial charge in [0.2, 0.25) is 5.91 Å². The number of sulfone groups is 1. The van der Waals surface area contributed by atoms with Crippen LogP contribution in [0.25, 0.3) is 0 Å². The van der Waals surface area contributed by atoms with Crippen molar-refractivity contribution in [2.75, 3.05) is 16.8 Å². The SMILES string of the molecule is O=C(CS(=O)(=O)CCCc1ccccc1)Nc1cc(F)cc(F)c1. The summed E-state index contributed by atoms with van der Waals surface area (Å²) >= 11 is 0. The first-order valence-electron chi connectivity index (χ1n) is 7.34. The molecule has 2 rings (SSSR count). The first-order chi connectivity index (χ1) is 11.3. The van der Waals surface area contributed by atoms with Gasteiger partial charge in [0.1, 0.15) is 17.4 Å². The highest BCUT2D eigenvalue weighted by atomic mass is 32.2. The lowest BCUT2D eigenvalue weighted by molar-refractivity contribution is -0.113. The molecule has 0 aliphatic rings. The Labute approximate surface area is 139 Å². The number of benzene rings is 2. The van der Waals surface area contributed by atoms with E-state index in [1.54, 1.807) is 0 Å². The van der Waals surface area contributed by atoms with E-state index in [0.717, 1.165) is 17.7 Å². The highest BCUT2D eigenvalue weighted by Crippen LogP contribution is 2.13. The standard InChI is InChI=1S/C17H17F2NO3S/c18-14-9-15(19)11-16(10-14)20-17(21)12-24(22,23)8-4-7-13-5-2-1-3-6-13/h1-3,5-6,9-11H,4,7-8,12H2,(H,20,21). The fourth-order valence-electron chi connectivity index (χ4n) is 2.24. The smallest absolute Gasteiger partial charge is 0.239 e. The van der Waals surface area contributed by atoms with Crippen LogP contribution in [0.3, 0.4) is 0 Å². The van der Waals surface area contributed by atoms with Gasteiger partial charge in [-0.05, 0) is 30.5 Å². The average Bonchev–Trinajstić information content (AvgIpc) is 2.46. The molecule has 0 atom stereocenters. The van der Waals surface area contributed by atoms with Crippen molar-refractivity contribution in [1.82, 2.24) is 0 Å². The van der Waals surface area contributed by atoms with E-state index in [9.17, 15) is 22.0 Å². The zero-order valence-electron chi connectivity index (χ0n) is 12.8. The number of hydrogen-bond acceptors (Lipinski definition) is 3. The zero-order chi connectivity index (χ0) is 17.6. The van der Waals surface area contributed by atoms with E-state index in [2.05, 4.69) is 5.32 Å². The Bertz CT molecular complexity index is 788. The van der Waals surface area contributed by atoms with Gasteiger partial charge in [-0.15, -0.1) is 0 Å². The number of rotatable bonds is 7. The van der Waals surface area contributed by atoms with Crippen molar-refractivity contribution in [3.05, 3.63) is 65.7 Å². The minimum Gasteiger partial charge on any atom is -0.325 e. The second-order valence-electron chi connectivity index (χ2n) is 5.39. The highest BCUT2D eigenvalue weighted by molar-refractivity contribution is 7.92. The van der Waals surface area contributed by atoms with Gasteiger partial charge < -0.3 is 5.32 Å². The van der Waals surface area contributed by atoms with Gasteiger partial charge in [0.15, 0.2) is 9.84 Å². The van der Waals surface area contributed by atoms with Gasteiger partial charge in [-0.3, -0.25) is 4.79 Å². The topological polar surface area (TPSA) is 63.2 Å². The third kappa shape index (κ3) is 6.08. The number of carbonyl (C=O) groups excluding carboxylic acids is 1. The van der Waals surface area contributed by atoms with Crippen LogP contribution < -0.4 is 5.32 Å². The predicted molar refractivity (Wildman–Crippen MR) is 88.4 cm³/mol. The summed E-state index contributed by atoms with van der Waals surface area (Å²) in [6.07, 6.45) is 0.991. The van der Waals surface area contributed by atoms with E-state index >= 15 is 0 Å². The van der Waals surface area contributed by atoms with E-state index in [1.807, 2.05) is 30.3 Å². The molecular formula is C17H17F2NO3S. The van der Waals surface area contributed by atoms with Crippen LogP contribution in [0.2, 0.25) is 0 Å². The highest BCUT2D eigenvalue weighted by Gasteiger charge is 2.17. The Hall–Kier alpha value is -2.28. The molecule has 0 bridgehead atoms. The number of aryl methyl sites for hydroxylation is 1. The van der Waals surface area contributed by atoms with E-state index in [-0.39, 0.29) is 11.4 Å². The number of amides is 1. The molecule has 0 aliphatic carbocycles. The molecule has 1 amide bonds. The molecular weight excluding hydrogens is 336 g/mol. The second kappa shape index (κ2) is 8.01. The van der Waals surface area contributed by atoms with Crippen LogP contribution in [-0.2, 0) is 21.1 Å². The number of hydrogen-bond donors (Lipinski definition) is 1. The van der Waals surface area contributed by atoms with Crippen LogP contribution in [0.15, 0.2) is 48.5 Å². The van der Waals surface area contributed by atoms with Gasteiger partial charge in [0.05, 0.1) is 5.75 Å². The summed E-state index contributed by atoms with van der Waals surface area (Å²) in [6, 6.07) is 11.9. The van der Waals surface area contributed by atoms with Crippen molar-refractivity contribution < 1.29 is 22.0 Å². The molecule has 0 radical (unpaired) electrons. The Balaban J connectivity index is 1.85. The van der Waals surface area contributed by atoms with Crippen molar-refractivity contribution in [1.29, 1.82) is 0 Å². The molecule has 24 heavy (non-hydrogen) atoms. The zero-order valence-corrected chi connectivity index (χ0v) is 13.7. The summed E-state index contributed by atoms with van der Waals surface area (Å²) in [5, 5.41) is 2.19. The average molecular weight is 353 g/mol. The van der Waals surface area contributed by atoms with Gasteiger partial charge in [-0.25, -0.2) is 17.2 Å². The van der Waals surface area contributed by atoms with Crippen LogP contribution in [0.1, 0.15) is 12.0 Å². The summed E-state index contributed by atoms with van der Waals surface area (Å²) in [6.45, 7) is 0. The lowest BCUT2D eigenvalue weighted by atomic mass is 10.1. The normalized spacial score (nSPS) is 11.2. The van der Waals surface area contributed by atoms with Crippen molar-refractivity contribution in [2.24, 2.45) is 0 Å². The molecule has 0 heterocycles. The molecule has 0 unspecified atom stereocenters. The van der Waals surface area contributed by atoms with Crippen LogP contribution >= 0.6 is 0 Å². The molecule has 1 N–H and O–H groups in total. The lowest BCUT2D eigenvalue weighted by Gasteiger charge is -2.07. The molecule has 0 spiro atoms. The van der Waals surface area contributed by atoms with E-state index < -0.39 is 33.1 Å². The molecule has 0 saturated carbocycles. The summed E-state index contributed by atoms with van der Waals surface area (Å²) < 4.78 is 50.0. The molecule has 4 nitrogen and oxygen atoms in total. The van der Waals surface area contributed by atoms with Crippen molar-refractivity contribution in [3.63, 3.8) is 0 Å². The number of halogens is 2. The monoisotopic (exact) mass is 353 g/mol. The summed E-state index contributed by atoms with van der Waals surface area (Å²) in [5.74, 6) is -3.38. The van der Waals surface area contributed by atoms with Crippen LogP contribution in [-0.4, -0.2) is 25.8 Å². The summed E-state index contributed by atoms with van der Waals surface area (Å²) in [4.78, 5) is 11.7. The third-order valence-corrected chi connectivity index (χ3v) is 4.87. The largest absolute Gasteiger partial charge is 0.325 e. The van der Waals surface area contributed by atoms with Crippen molar-refractivity contribution in [3.8, 4) is 0 Å². The fraction of sp³-hybridized carbons (Fsp3) is 0.235. The summed E-state index contributed by atoms with van der Waals surface area (Å²) in [7, 11) is -3.59. The van der Waals surface area contributed by atoms with Gasteiger partial charge in [0.25, 0.3) is 0 Å². The molecule has 0 aromatic heterocycles. The van der Waals surface area contributed by atoms with Crippen molar-refractivity contribution in [2.45, 2.75) is 12.8 Å². The second-order valence-corrected chi connectivity index (χ2v) is 7.57. The predicted octanol–water partition coefficient (Wildman–Crippen LogP) is 2.95. The van der Waals surface area contributed by atoms with Gasteiger partial charge in [-0.1, -0.05) is 30.3 Å². The number of nitrogens with one attached hydrogen (secondary N) is 1. The maximum atomic E-state index is 13.0. The Morgan fingerprint density at radius 1 is 1.00 bits per heavy atom. The van der Waals surface area contributed by atoms with Gasteiger partial charge >= 0.3 is 0 Å². The minimum atomic E-state index is -3.59. The van der Waals surface area contributed by atoms with Gasteiger partial charge in [-0.2, -0.15) is 0 Å². The molecule has 2 aromatic carbocycles. The van der Waals surface area contributed by atoms with E-state index in [4.69, 9.17) is 0 Å². The maximum Gasteiger partial charge on any atom is 0.239 e. The number of anilines is 1. The quantitative estimate of drug-likeness (QED) is 0.832. The summed E-state index contributed by atoms with van der Waals surface area (Å²) in [5.41, 5.74) is 0.907. The molecule has 7 heteroatoms. The Morgan fingerprint density at radius 3 is 2.25 bits per heavy atom. The van der Waals surface area contributed by atoms with Crippen LogP contribution in [0.4, 0.5) is 14.5 Å². The molecule has 128 valence electrons. The van der Waals surface area contributed by atoms with E-state index in [1.165, 1.54) is 0 Å². The lowest BCUT2D eigenvalue weighted by Crippen LogP contribution is -2.25. The minimum absolute atomic E-state index is 0.114. The molecule has 0 saturated heterocycles. The Morgan fingerprint density at radius 2 is 1.62 bits per heavy atom. The van der Waals surface area contributed by atoms with Crippen LogP contribution in [0, 0.1) is 11.6 Å². The van der Waals surface area contributed by atoms with E-state index in [0.29, 0.717) is 18.9 Å². The first kappa shape index (κ1) is 18.1. The number of carbonyl (C=O) groups is 1. The molecule has 0 fully saturated rings. The molecule has 2 aromatic rings.